The molecule has 0 aromatic carbocycles. The van der Waals surface area contributed by atoms with Gasteiger partial charge in [-0.3, -0.25) is 0 Å². The molecule has 1 N–H and O–H groups in total. The molecule has 0 unspecified atom stereocenters. The zero-order valence-corrected chi connectivity index (χ0v) is 9.44. The number of hydrogen-bond acceptors (Lipinski definition) is 5. The molecule has 16 heavy (non-hydrogen) atoms. The Morgan fingerprint density at radius 1 is 1.12 bits per heavy atom. The first kappa shape index (κ1) is 9.72. The zero-order valence-electron chi connectivity index (χ0n) is 8.63. The molecular formula is C11H11N3OS. The van der Waals surface area contributed by atoms with Gasteiger partial charge in [-0.25, -0.2) is 15.0 Å². The molecule has 5 heteroatoms. The van der Waals surface area contributed by atoms with Crippen LogP contribution in [0, 0.1) is 0 Å². The maximum Gasteiger partial charge on any atom is 0.192 e. The largest absolute Gasteiger partial charge is 0.498 e. The van der Waals surface area contributed by atoms with Gasteiger partial charge in [0.15, 0.2) is 5.06 Å². The molecule has 0 aliphatic heterocycles. The molecule has 0 saturated heterocycles. The van der Waals surface area contributed by atoms with Gasteiger partial charge in [-0.2, -0.15) is 0 Å². The third-order valence-electron chi connectivity index (χ3n) is 2.88. The summed E-state index contributed by atoms with van der Waals surface area (Å²) in [5.41, 5.74) is 0.869. The fourth-order valence-corrected chi connectivity index (χ4v) is 2.36. The second-order valence-corrected chi connectivity index (χ2v) is 4.97. The Hall–Kier alpha value is -1.49. The van der Waals surface area contributed by atoms with E-state index in [2.05, 4.69) is 15.0 Å². The van der Waals surface area contributed by atoms with Crippen LogP contribution in [-0.2, 0) is 0 Å². The first-order chi connectivity index (χ1) is 7.83. The lowest BCUT2D eigenvalue weighted by atomic mass is 9.85. The van der Waals surface area contributed by atoms with Gasteiger partial charge in [-0.1, -0.05) is 17.8 Å². The van der Waals surface area contributed by atoms with E-state index >= 15 is 0 Å². The summed E-state index contributed by atoms with van der Waals surface area (Å²) in [6.07, 6.45) is 8.72. The van der Waals surface area contributed by atoms with E-state index in [0.29, 0.717) is 5.92 Å². The van der Waals surface area contributed by atoms with Crippen molar-refractivity contribution in [1.29, 1.82) is 0 Å². The van der Waals surface area contributed by atoms with E-state index in [1.807, 2.05) is 0 Å². The van der Waals surface area contributed by atoms with Crippen LogP contribution in [0.2, 0.25) is 0 Å². The maximum atomic E-state index is 9.22. The van der Waals surface area contributed by atoms with E-state index in [0.717, 1.165) is 16.4 Å². The molecule has 0 radical (unpaired) electrons. The molecular weight excluding hydrogens is 222 g/mol. The molecule has 0 atom stereocenters. The predicted molar refractivity (Wildman–Crippen MR) is 61.4 cm³/mol. The third-order valence-corrected chi connectivity index (χ3v) is 3.73. The van der Waals surface area contributed by atoms with E-state index < -0.39 is 0 Å². The van der Waals surface area contributed by atoms with Crippen LogP contribution in [0.4, 0.5) is 0 Å². The average Bonchev–Trinajstić information content (AvgIpc) is 2.63. The van der Waals surface area contributed by atoms with Gasteiger partial charge >= 0.3 is 0 Å². The Morgan fingerprint density at radius 2 is 1.88 bits per heavy atom. The monoisotopic (exact) mass is 233 g/mol. The van der Waals surface area contributed by atoms with Crippen LogP contribution in [0.1, 0.15) is 31.0 Å². The first-order valence-corrected chi connectivity index (χ1v) is 6.11. The summed E-state index contributed by atoms with van der Waals surface area (Å²) in [7, 11) is 0. The smallest absolute Gasteiger partial charge is 0.192 e. The molecule has 1 aliphatic carbocycles. The highest BCUT2D eigenvalue weighted by atomic mass is 32.1. The quantitative estimate of drug-likeness (QED) is 0.866. The van der Waals surface area contributed by atoms with Crippen molar-refractivity contribution in [3.05, 3.63) is 24.4 Å². The minimum atomic E-state index is 0.220. The maximum absolute atomic E-state index is 9.22. The second-order valence-electron chi connectivity index (χ2n) is 3.96. The van der Waals surface area contributed by atoms with E-state index in [1.54, 1.807) is 12.4 Å². The highest BCUT2D eigenvalue weighted by molar-refractivity contribution is 7.16. The number of thiazole rings is 1. The molecule has 82 valence electrons. The Kier molecular flexibility index (Phi) is 2.32. The fraction of sp³-hybridized carbons (Fsp3) is 0.364. The van der Waals surface area contributed by atoms with Gasteiger partial charge in [0.25, 0.3) is 0 Å². The second kappa shape index (κ2) is 3.83. The Morgan fingerprint density at radius 3 is 2.38 bits per heavy atom. The zero-order chi connectivity index (χ0) is 11.0. The minimum Gasteiger partial charge on any atom is -0.498 e. The van der Waals surface area contributed by atoms with Gasteiger partial charge in [0.2, 0.25) is 0 Å². The van der Waals surface area contributed by atoms with E-state index in [-0.39, 0.29) is 5.06 Å². The number of aromatic hydroxyl groups is 1. The number of nitrogens with zero attached hydrogens (tertiary/aromatic N) is 3. The van der Waals surface area contributed by atoms with Crippen molar-refractivity contribution in [3.8, 4) is 15.6 Å². The SMILES string of the molecule is Oc1cnc(-c2cnc(C3CCC3)nc2)s1. The summed E-state index contributed by atoms with van der Waals surface area (Å²) in [6, 6.07) is 0. The third kappa shape index (κ3) is 1.67. The van der Waals surface area contributed by atoms with Crippen molar-refractivity contribution < 1.29 is 5.11 Å². The minimum absolute atomic E-state index is 0.220. The summed E-state index contributed by atoms with van der Waals surface area (Å²) in [4.78, 5) is 12.8. The predicted octanol–water partition coefficient (Wildman–Crippen LogP) is 2.57. The van der Waals surface area contributed by atoms with Gasteiger partial charge in [-0.15, -0.1) is 0 Å². The van der Waals surface area contributed by atoms with Crippen LogP contribution < -0.4 is 0 Å². The van der Waals surface area contributed by atoms with Gasteiger partial charge < -0.3 is 5.11 Å². The molecule has 0 bridgehead atoms. The molecule has 4 nitrogen and oxygen atoms in total. The highest BCUT2D eigenvalue weighted by Gasteiger charge is 2.21. The van der Waals surface area contributed by atoms with Crippen LogP contribution in [0.25, 0.3) is 10.6 Å². The summed E-state index contributed by atoms with van der Waals surface area (Å²) < 4.78 is 0. The molecule has 3 rings (SSSR count). The Balaban J connectivity index is 1.86. The summed E-state index contributed by atoms with van der Waals surface area (Å²) in [6.45, 7) is 0. The molecule has 1 saturated carbocycles. The van der Waals surface area contributed by atoms with Crippen LogP contribution in [-0.4, -0.2) is 20.1 Å². The van der Waals surface area contributed by atoms with Crippen molar-refractivity contribution >= 4 is 11.3 Å². The summed E-state index contributed by atoms with van der Waals surface area (Å²) >= 11 is 1.24. The Bertz CT molecular complexity index is 490. The number of aromatic nitrogens is 3. The molecule has 2 aromatic heterocycles. The van der Waals surface area contributed by atoms with E-state index in [9.17, 15) is 5.11 Å². The number of rotatable bonds is 2. The molecule has 2 heterocycles. The van der Waals surface area contributed by atoms with Gasteiger partial charge in [0.1, 0.15) is 10.8 Å². The molecule has 1 aliphatic rings. The van der Waals surface area contributed by atoms with Crippen LogP contribution >= 0.6 is 11.3 Å². The van der Waals surface area contributed by atoms with Crippen molar-refractivity contribution in [2.24, 2.45) is 0 Å². The molecule has 0 amide bonds. The molecule has 1 fully saturated rings. The lowest BCUT2D eigenvalue weighted by Crippen LogP contribution is -2.12. The van der Waals surface area contributed by atoms with Gasteiger partial charge in [0.05, 0.1) is 6.20 Å². The van der Waals surface area contributed by atoms with Crippen molar-refractivity contribution in [2.75, 3.05) is 0 Å². The van der Waals surface area contributed by atoms with Crippen molar-refractivity contribution in [2.45, 2.75) is 25.2 Å². The first-order valence-electron chi connectivity index (χ1n) is 5.30. The van der Waals surface area contributed by atoms with Gasteiger partial charge in [0, 0.05) is 23.9 Å². The Labute approximate surface area is 97.0 Å². The standard InChI is InChI=1S/C11H11N3OS/c15-9-6-14-11(16-9)8-4-12-10(13-5-8)7-2-1-3-7/h4-7,15H,1-3H2. The topological polar surface area (TPSA) is 58.9 Å². The lowest BCUT2D eigenvalue weighted by Gasteiger charge is -2.23. The van der Waals surface area contributed by atoms with Crippen LogP contribution in [0.3, 0.4) is 0 Å². The van der Waals surface area contributed by atoms with Crippen molar-refractivity contribution in [1.82, 2.24) is 15.0 Å². The average molecular weight is 233 g/mol. The molecule has 0 spiro atoms. The van der Waals surface area contributed by atoms with Gasteiger partial charge in [-0.05, 0) is 12.8 Å². The van der Waals surface area contributed by atoms with Crippen LogP contribution in [0.5, 0.6) is 5.06 Å². The summed E-state index contributed by atoms with van der Waals surface area (Å²) in [5.74, 6) is 1.49. The molecule has 2 aromatic rings. The fourth-order valence-electron chi connectivity index (χ4n) is 1.72. The number of hydrogen-bond donors (Lipinski definition) is 1. The normalized spacial score (nSPS) is 16.0. The highest BCUT2D eigenvalue weighted by Crippen LogP contribution is 2.35. The van der Waals surface area contributed by atoms with E-state index in [4.69, 9.17) is 0 Å². The lowest BCUT2D eigenvalue weighted by molar-refractivity contribution is 0.401. The summed E-state index contributed by atoms with van der Waals surface area (Å²) in [5, 5.41) is 10.2. The van der Waals surface area contributed by atoms with Crippen LogP contribution in [0.15, 0.2) is 18.6 Å². The van der Waals surface area contributed by atoms with E-state index in [1.165, 1.54) is 36.8 Å². The van der Waals surface area contributed by atoms with Crippen molar-refractivity contribution in [3.63, 3.8) is 0 Å².